The predicted molar refractivity (Wildman–Crippen MR) is 122 cm³/mol. The first-order valence-corrected chi connectivity index (χ1v) is 11.0. The summed E-state index contributed by atoms with van der Waals surface area (Å²) in [6.45, 7) is 4.43. The Morgan fingerprint density at radius 1 is 1.24 bits per heavy atom. The van der Waals surface area contributed by atoms with Gasteiger partial charge in [0.25, 0.3) is 0 Å². The molecule has 2 unspecified atom stereocenters. The predicted octanol–water partition coefficient (Wildman–Crippen LogP) is 4.41. The molecule has 0 saturated heterocycles. The van der Waals surface area contributed by atoms with E-state index >= 15 is 0 Å². The number of amides is 1. The maximum absolute atomic E-state index is 13.7. The van der Waals surface area contributed by atoms with Crippen molar-refractivity contribution in [2.75, 3.05) is 24.7 Å². The number of hydrogen-bond donors (Lipinski definition) is 3. The molecule has 1 aromatic heterocycles. The highest BCUT2D eigenvalue weighted by Gasteiger charge is 2.38. The Morgan fingerprint density at radius 2 is 2.00 bits per heavy atom. The van der Waals surface area contributed by atoms with Crippen LogP contribution in [0.3, 0.4) is 0 Å². The van der Waals surface area contributed by atoms with Crippen LogP contribution in [0, 0.1) is 5.92 Å². The van der Waals surface area contributed by atoms with Crippen molar-refractivity contribution in [1.29, 1.82) is 0 Å². The smallest absolute Gasteiger partial charge is 0.366 e. The van der Waals surface area contributed by atoms with Gasteiger partial charge in [0.1, 0.15) is 11.4 Å². The number of nitrogens with one attached hydrogen (secondary N) is 3. The van der Waals surface area contributed by atoms with Crippen LogP contribution in [0.15, 0.2) is 30.5 Å². The van der Waals surface area contributed by atoms with Gasteiger partial charge in [0.2, 0.25) is 11.9 Å². The Bertz CT molecular complexity index is 963. The largest absolute Gasteiger partial charge is 0.421 e. The number of hydrogen-bond acceptors (Lipinski definition) is 6. The summed E-state index contributed by atoms with van der Waals surface area (Å²) in [6.07, 6.45) is -1.89. The van der Waals surface area contributed by atoms with Crippen molar-refractivity contribution in [2.45, 2.75) is 57.9 Å². The van der Waals surface area contributed by atoms with Crippen LogP contribution in [0.4, 0.5) is 30.6 Å². The molecule has 2 atom stereocenters. The van der Waals surface area contributed by atoms with Crippen molar-refractivity contribution in [1.82, 2.24) is 20.2 Å². The van der Waals surface area contributed by atoms with Gasteiger partial charge >= 0.3 is 6.18 Å². The minimum Gasteiger partial charge on any atom is -0.366 e. The second-order valence-corrected chi connectivity index (χ2v) is 8.97. The van der Waals surface area contributed by atoms with Gasteiger partial charge in [0, 0.05) is 30.5 Å². The minimum absolute atomic E-state index is 0.0393. The molecule has 7 nitrogen and oxygen atoms in total. The Kier molecular flexibility index (Phi) is 7.78. The lowest BCUT2D eigenvalue weighted by Gasteiger charge is -2.24. The van der Waals surface area contributed by atoms with E-state index in [2.05, 4.69) is 25.9 Å². The molecule has 2 aromatic rings. The number of alkyl halides is 3. The van der Waals surface area contributed by atoms with Crippen LogP contribution in [0.25, 0.3) is 0 Å². The summed E-state index contributed by atoms with van der Waals surface area (Å²) in [5.74, 6) is -0.839. The minimum atomic E-state index is -4.62. The topological polar surface area (TPSA) is 82.2 Å². The molecule has 1 aliphatic rings. The molecular formula is C23H31F3N6O. The summed E-state index contributed by atoms with van der Waals surface area (Å²) in [5.41, 5.74) is 0.764. The summed E-state index contributed by atoms with van der Waals surface area (Å²) < 4.78 is 41.0. The van der Waals surface area contributed by atoms with E-state index in [1.165, 1.54) is 0 Å². The summed E-state index contributed by atoms with van der Waals surface area (Å²) >= 11 is 0. The Hall–Kier alpha value is -2.88. The third-order valence-corrected chi connectivity index (χ3v) is 5.38. The van der Waals surface area contributed by atoms with Gasteiger partial charge in [-0.2, -0.15) is 18.2 Å². The average molecular weight is 465 g/mol. The van der Waals surface area contributed by atoms with E-state index in [0.717, 1.165) is 24.7 Å². The number of carbonyl (C=O) groups excluding carboxylic acids is 1. The lowest BCUT2D eigenvalue weighted by atomic mass is 10.0. The average Bonchev–Trinajstić information content (AvgIpc) is 3.15. The van der Waals surface area contributed by atoms with Crippen LogP contribution in [0.1, 0.15) is 44.2 Å². The summed E-state index contributed by atoms with van der Waals surface area (Å²) in [7, 11) is 3.91. The van der Waals surface area contributed by atoms with Crippen LogP contribution < -0.4 is 16.0 Å². The standard InChI is InChI=1S/C23H31F3N6O/c1-14(2)28-21(33)17-9-6-10-19(17)30-20-18(23(24,25)26)12-27-22(31-20)29-16-8-5-7-15(11-16)13-32(3)4/h5,7-8,11-12,14,17,19H,6,9-10,13H2,1-4H3,(H,28,33)(H2,27,29,30,31). The van der Waals surface area contributed by atoms with Crippen LogP contribution in [0.5, 0.6) is 0 Å². The molecule has 0 spiro atoms. The van der Waals surface area contributed by atoms with E-state index in [4.69, 9.17) is 0 Å². The lowest BCUT2D eigenvalue weighted by Crippen LogP contribution is -2.41. The molecule has 1 fully saturated rings. The monoisotopic (exact) mass is 464 g/mol. The molecule has 1 saturated carbocycles. The molecule has 1 aromatic carbocycles. The number of benzene rings is 1. The van der Waals surface area contributed by atoms with E-state index in [1.807, 2.05) is 51.0 Å². The number of nitrogens with zero attached hydrogens (tertiary/aromatic N) is 3. The first kappa shape index (κ1) is 24.8. The Balaban J connectivity index is 1.84. The van der Waals surface area contributed by atoms with Crippen molar-refractivity contribution in [2.24, 2.45) is 5.92 Å². The van der Waals surface area contributed by atoms with E-state index in [1.54, 1.807) is 6.07 Å². The number of anilines is 3. The molecule has 0 aliphatic heterocycles. The summed E-state index contributed by atoms with van der Waals surface area (Å²) in [4.78, 5) is 22.6. The lowest BCUT2D eigenvalue weighted by molar-refractivity contribution is -0.137. The van der Waals surface area contributed by atoms with E-state index in [0.29, 0.717) is 18.5 Å². The molecular weight excluding hydrogens is 433 g/mol. The van der Waals surface area contributed by atoms with Gasteiger partial charge in [0.05, 0.1) is 5.92 Å². The summed E-state index contributed by atoms with van der Waals surface area (Å²) in [5, 5.41) is 8.76. The third-order valence-electron chi connectivity index (χ3n) is 5.38. The fourth-order valence-electron chi connectivity index (χ4n) is 4.02. The normalized spacial score (nSPS) is 18.6. The number of carbonyl (C=O) groups is 1. The fourth-order valence-corrected chi connectivity index (χ4v) is 4.02. The Labute approximate surface area is 192 Å². The number of aromatic nitrogens is 2. The number of rotatable bonds is 8. The molecule has 3 N–H and O–H groups in total. The molecule has 1 aliphatic carbocycles. The zero-order valence-electron chi connectivity index (χ0n) is 19.3. The Morgan fingerprint density at radius 3 is 2.67 bits per heavy atom. The molecule has 10 heteroatoms. The van der Waals surface area contributed by atoms with Crippen molar-refractivity contribution >= 4 is 23.4 Å². The van der Waals surface area contributed by atoms with Crippen LogP contribution in [0.2, 0.25) is 0 Å². The second-order valence-electron chi connectivity index (χ2n) is 8.97. The van der Waals surface area contributed by atoms with Gasteiger partial charge in [-0.1, -0.05) is 18.6 Å². The van der Waals surface area contributed by atoms with Crippen LogP contribution >= 0.6 is 0 Å². The molecule has 0 bridgehead atoms. The highest BCUT2D eigenvalue weighted by Crippen LogP contribution is 2.36. The quantitative estimate of drug-likeness (QED) is 0.537. The molecule has 180 valence electrons. The highest BCUT2D eigenvalue weighted by molar-refractivity contribution is 5.80. The van der Waals surface area contributed by atoms with Gasteiger partial charge in [-0.05, 0) is 58.5 Å². The van der Waals surface area contributed by atoms with Crippen LogP contribution in [-0.4, -0.2) is 47.0 Å². The third kappa shape index (κ3) is 6.80. The van der Waals surface area contributed by atoms with Gasteiger partial charge in [-0.25, -0.2) is 4.98 Å². The van der Waals surface area contributed by atoms with Crippen molar-refractivity contribution in [3.8, 4) is 0 Å². The summed E-state index contributed by atoms with van der Waals surface area (Å²) in [6, 6.07) is 7.06. The first-order chi connectivity index (χ1) is 15.5. The maximum Gasteiger partial charge on any atom is 0.421 e. The molecule has 1 amide bonds. The highest BCUT2D eigenvalue weighted by atomic mass is 19.4. The maximum atomic E-state index is 13.7. The zero-order valence-corrected chi connectivity index (χ0v) is 19.3. The molecule has 1 heterocycles. The second kappa shape index (κ2) is 10.4. The van der Waals surface area contributed by atoms with Gasteiger partial charge < -0.3 is 20.9 Å². The first-order valence-electron chi connectivity index (χ1n) is 11.0. The number of halogens is 3. The van der Waals surface area contributed by atoms with Gasteiger partial charge in [-0.15, -0.1) is 0 Å². The van der Waals surface area contributed by atoms with Crippen LogP contribution in [-0.2, 0) is 17.5 Å². The fraction of sp³-hybridized carbons (Fsp3) is 0.522. The SMILES string of the molecule is CC(C)NC(=O)C1CCCC1Nc1nc(Nc2cccc(CN(C)C)c2)ncc1C(F)(F)F. The molecule has 0 radical (unpaired) electrons. The van der Waals surface area contributed by atoms with Gasteiger partial charge in [-0.3, -0.25) is 4.79 Å². The molecule has 33 heavy (non-hydrogen) atoms. The van der Waals surface area contributed by atoms with E-state index < -0.39 is 23.7 Å². The van der Waals surface area contributed by atoms with E-state index in [-0.39, 0.29) is 23.7 Å². The molecule has 3 rings (SSSR count). The van der Waals surface area contributed by atoms with Crippen molar-refractivity contribution in [3.63, 3.8) is 0 Å². The van der Waals surface area contributed by atoms with Gasteiger partial charge in [0.15, 0.2) is 0 Å². The van der Waals surface area contributed by atoms with E-state index in [9.17, 15) is 18.0 Å². The van der Waals surface area contributed by atoms with Crippen molar-refractivity contribution in [3.05, 3.63) is 41.6 Å². The zero-order chi connectivity index (χ0) is 24.2. The van der Waals surface area contributed by atoms with Crippen molar-refractivity contribution < 1.29 is 18.0 Å².